The molecular weight excluding hydrogens is 532 g/mol. The van der Waals surface area contributed by atoms with E-state index in [0.717, 1.165) is 48.7 Å². The number of aromatic amines is 1. The van der Waals surface area contributed by atoms with Crippen molar-refractivity contribution in [3.05, 3.63) is 88.6 Å². The Morgan fingerprint density at radius 3 is 2.61 bits per heavy atom. The van der Waals surface area contributed by atoms with Gasteiger partial charge in [0.2, 0.25) is 0 Å². The van der Waals surface area contributed by atoms with Crippen LogP contribution in [0.1, 0.15) is 48.2 Å². The van der Waals surface area contributed by atoms with Gasteiger partial charge in [-0.3, -0.25) is 0 Å². The number of nitrogens with one attached hydrogen (secondary N) is 1. The fourth-order valence-corrected chi connectivity index (χ4v) is 6.15. The molecule has 208 valence electrons. The second-order valence-electron chi connectivity index (χ2n) is 10.2. The van der Waals surface area contributed by atoms with Crippen LogP contribution in [-0.2, 0) is 17.8 Å². The fraction of sp³-hybridized carbons (Fsp3) is 0.303. The van der Waals surface area contributed by atoms with Gasteiger partial charge in [-0.15, -0.1) is 27.5 Å². The third-order valence-corrected chi connectivity index (χ3v) is 8.34. The van der Waals surface area contributed by atoms with Crippen LogP contribution >= 0.6 is 11.3 Å². The highest BCUT2D eigenvalue weighted by atomic mass is 32.1. The summed E-state index contributed by atoms with van der Waals surface area (Å²) in [7, 11) is 0. The average molecular weight is 565 g/mol. The molecule has 8 heteroatoms. The molecule has 7 nitrogen and oxygen atoms in total. The van der Waals surface area contributed by atoms with Crippen LogP contribution in [0.5, 0.6) is 11.5 Å². The topological polar surface area (TPSA) is 82.2 Å². The van der Waals surface area contributed by atoms with Gasteiger partial charge in [0.15, 0.2) is 5.82 Å². The van der Waals surface area contributed by atoms with E-state index in [1.54, 1.807) is 11.3 Å². The standard InChI is InChI=1S/C33H32N4O3S/c1-3-4-25(19-33-34-36-37-35-33)24-6-8-26(9-7-24)39-20-23-5-12-32-30(18-23)31(21-41-32)29-11-10-28(17-22(29)2)40-27-13-15-38-16-14-27/h5-12,17-18,21,25,27H,13-16,19-20H2,1-2H3,(H,34,35,36,37)/t25-/m0/s1. The third kappa shape index (κ3) is 6.43. The molecule has 3 aromatic carbocycles. The average Bonchev–Trinajstić information content (AvgIpc) is 3.67. The lowest BCUT2D eigenvalue weighted by Crippen LogP contribution is -2.25. The van der Waals surface area contributed by atoms with Crippen molar-refractivity contribution in [2.75, 3.05) is 13.2 Å². The Balaban J connectivity index is 1.14. The maximum atomic E-state index is 6.23. The van der Waals surface area contributed by atoms with Crippen molar-refractivity contribution in [2.45, 2.75) is 51.7 Å². The molecule has 3 heterocycles. The third-order valence-electron chi connectivity index (χ3n) is 7.38. The minimum absolute atomic E-state index is 0.00277. The Hall–Kier alpha value is -4.19. The molecular formula is C33H32N4O3S. The molecule has 1 saturated heterocycles. The first-order valence-corrected chi connectivity index (χ1v) is 14.8. The minimum atomic E-state index is -0.00277. The maximum absolute atomic E-state index is 6.23. The summed E-state index contributed by atoms with van der Waals surface area (Å²) in [4.78, 5) is 0. The van der Waals surface area contributed by atoms with Gasteiger partial charge in [-0.1, -0.05) is 35.4 Å². The number of rotatable bonds is 9. The van der Waals surface area contributed by atoms with Crippen LogP contribution in [-0.4, -0.2) is 39.9 Å². The largest absolute Gasteiger partial charge is 0.490 e. The van der Waals surface area contributed by atoms with Gasteiger partial charge in [0.25, 0.3) is 0 Å². The van der Waals surface area contributed by atoms with Crippen LogP contribution in [0.25, 0.3) is 21.2 Å². The molecule has 0 radical (unpaired) electrons. The number of hydrogen-bond donors (Lipinski definition) is 1. The molecule has 5 aromatic rings. The number of hydrogen-bond acceptors (Lipinski definition) is 7. The second kappa shape index (κ2) is 12.5. The molecule has 6 rings (SSSR count). The Morgan fingerprint density at radius 1 is 1.02 bits per heavy atom. The Morgan fingerprint density at radius 2 is 1.85 bits per heavy atom. The number of aromatic nitrogens is 4. The Labute approximate surface area is 243 Å². The zero-order valence-electron chi connectivity index (χ0n) is 23.2. The molecule has 1 aliphatic heterocycles. The minimum Gasteiger partial charge on any atom is -0.490 e. The zero-order valence-corrected chi connectivity index (χ0v) is 24.0. The number of nitrogens with zero attached hydrogens (tertiary/aromatic N) is 3. The summed E-state index contributed by atoms with van der Waals surface area (Å²) in [6, 6.07) is 21.1. The summed E-state index contributed by atoms with van der Waals surface area (Å²) in [5.41, 5.74) is 5.91. The predicted octanol–water partition coefficient (Wildman–Crippen LogP) is 6.88. The van der Waals surface area contributed by atoms with Crippen LogP contribution < -0.4 is 9.47 Å². The van der Waals surface area contributed by atoms with Crippen LogP contribution in [0, 0.1) is 18.8 Å². The van der Waals surface area contributed by atoms with Crippen molar-refractivity contribution >= 4 is 21.4 Å². The maximum Gasteiger partial charge on any atom is 0.176 e. The Bertz CT molecular complexity index is 1660. The lowest BCUT2D eigenvalue weighted by atomic mass is 9.96. The lowest BCUT2D eigenvalue weighted by molar-refractivity contribution is 0.0255. The van der Waals surface area contributed by atoms with Crippen LogP contribution in [0.3, 0.4) is 0 Å². The number of tetrazole rings is 1. The van der Waals surface area contributed by atoms with E-state index in [1.807, 2.05) is 19.1 Å². The highest BCUT2D eigenvalue weighted by molar-refractivity contribution is 7.17. The van der Waals surface area contributed by atoms with Crippen molar-refractivity contribution in [2.24, 2.45) is 0 Å². The lowest BCUT2D eigenvalue weighted by Gasteiger charge is -2.23. The number of benzene rings is 3. The van der Waals surface area contributed by atoms with Gasteiger partial charge in [0.1, 0.15) is 24.2 Å². The summed E-state index contributed by atoms with van der Waals surface area (Å²) in [6.45, 7) is 6.04. The van der Waals surface area contributed by atoms with Crippen molar-refractivity contribution in [1.82, 2.24) is 20.6 Å². The van der Waals surface area contributed by atoms with Gasteiger partial charge in [0.05, 0.1) is 19.1 Å². The molecule has 1 fully saturated rings. The molecule has 0 bridgehead atoms. The predicted molar refractivity (Wildman–Crippen MR) is 161 cm³/mol. The van der Waals surface area contributed by atoms with Gasteiger partial charge < -0.3 is 14.2 Å². The smallest absolute Gasteiger partial charge is 0.176 e. The molecule has 0 aliphatic carbocycles. The molecule has 41 heavy (non-hydrogen) atoms. The first-order chi connectivity index (χ1) is 20.2. The van der Waals surface area contributed by atoms with E-state index in [4.69, 9.17) is 14.2 Å². The fourth-order valence-electron chi connectivity index (χ4n) is 5.21. The molecule has 0 amide bonds. The van der Waals surface area contributed by atoms with E-state index >= 15 is 0 Å². The molecule has 2 aromatic heterocycles. The van der Waals surface area contributed by atoms with E-state index < -0.39 is 0 Å². The second-order valence-corrected chi connectivity index (χ2v) is 11.1. The summed E-state index contributed by atoms with van der Waals surface area (Å²) >= 11 is 1.77. The van der Waals surface area contributed by atoms with Crippen molar-refractivity contribution < 1.29 is 14.2 Å². The van der Waals surface area contributed by atoms with E-state index in [0.29, 0.717) is 18.9 Å². The molecule has 1 N–H and O–H groups in total. The van der Waals surface area contributed by atoms with Gasteiger partial charge in [0, 0.05) is 34.9 Å². The summed E-state index contributed by atoms with van der Waals surface area (Å²) in [5.74, 6) is 8.66. The summed E-state index contributed by atoms with van der Waals surface area (Å²) < 4.78 is 19.1. The number of thiophene rings is 1. The monoisotopic (exact) mass is 564 g/mol. The summed E-state index contributed by atoms with van der Waals surface area (Å²) in [5, 5.41) is 17.8. The molecule has 1 atom stereocenters. The highest BCUT2D eigenvalue weighted by Gasteiger charge is 2.17. The van der Waals surface area contributed by atoms with E-state index in [9.17, 15) is 0 Å². The van der Waals surface area contributed by atoms with E-state index in [-0.39, 0.29) is 12.0 Å². The first kappa shape index (κ1) is 27.0. The van der Waals surface area contributed by atoms with Gasteiger partial charge >= 0.3 is 0 Å². The van der Waals surface area contributed by atoms with E-state index in [1.165, 1.54) is 26.8 Å². The molecule has 0 saturated carbocycles. The van der Waals surface area contributed by atoms with Crippen molar-refractivity contribution in [3.8, 4) is 34.5 Å². The quantitative estimate of drug-likeness (QED) is 0.197. The highest BCUT2D eigenvalue weighted by Crippen LogP contribution is 2.37. The van der Waals surface area contributed by atoms with Crippen LogP contribution in [0.4, 0.5) is 0 Å². The number of aryl methyl sites for hydroxylation is 1. The number of fused-ring (bicyclic) bond motifs is 1. The number of H-pyrrole nitrogens is 1. The van der Waals surface area contributed by atoms with Crippen molar-refractivity contribution in [3.63, 3.8) is 0 Å². The van der Waals surface area contributed by atoms with Gasteiger partial charge in [-0.2, -0.15) is 5.21 Å². The SMILES string of the molecule is CC#C[C@@H](Cc1nn[nH]n1)c1ccc(OCc2ccc3scc(-c4ccc(OC5CCOCC5)cc4C)c3c2)cc1. The zero-order chi connectivity index (χ0) is 28.0. The van der Waals surface area contributed by atoms with Crippen LogP contribution in [0.2, 0.25) is 0 Å². The van der Waals surface area contributed by atoms with E-state index in [2.05, 4.69) is 93.3 Å². The summed E-state index contributed by atoms with van der Waals surface area (Å²) in [6.07, 6.45) is 2.73. The normalized spacial score (nSPS) is 14.4. The van der Waals surface area contributed by atoms with Gasteiger partial charge in [-0.25, -0.2) is 0 Å². The number of ether oxygens (including phenoxy) is 3. The molecule has 0 spiro atoms. The van der Waals surface area contributed by atoms with Gasteiger partial charge in [-0.05, 0) is 77.9 Å². The van der Waals surface area contributed by atoms with Crippen LogP contribution in [0.15, 0.2) is 66.0 Å². The molecule has 1 aliphatic rings. The Kier molecular flexibility index (Phi) is 8.26. The first-order valence-electron chi connectivity index (χ1n) is 13.9. The molecule has 0 unspecified atom stereocenters. The van der Waals surface area contributed by atoms with Crippen molar-refractivity contribution in [1.29, 1.82) is 0 Å².